The van der Waals surface area contributed by atoms with Crippen molar-refractivity contribution in [2.24, 2.45) is 0 Å². The number of nitrogens with one attached hydrogen (secondary N) is 1. The first-order valence-corrected chi connectivity index (χ1v) is 6.77. The maximum absolute atomic E-state index is 13.3. The molecule has 21 heavy (non-hydrogen) atoms. The average Bonchev–Trinajstić information content (AvgIpc) is 2.42. The first kappa shape index (κ1) is 15.5. The van der Waals surface area contributed by atoms with Gasteiger partial charge in [0.25, 0.3) is 0 Å². The number of aromatic nitrogens is 1. The summed E-state index contributed by atoms with van der Waals surface area (Å²) in [7, 11) is 0. The molecule has 1 atom stereocenters. The van der Waals surface area contributed by atoms with Crippen molar-refractivity contribution in [3.05, 3.63) is 65.2 Å². The van der Waals surface area contributed by atoms with Crippen LogP contribution >= 0.6 is 0 Å². The molecule has 1 heterocycles. The number of halogens is 3. The number of hydrogen-bond acceptors (Lipinski definition) is 2. The maximum atomic E-state index is 13.3. The summed E-state index contributed by atoms with van der Waals surface area (Å²) in [6.07, 6.45) is 1.59. The van der Waals surface area contributed by atoms with Crippen LogP contribution in [0.5, 0.6) is 0 Å². The first-order chi connectivity index (χ1) is 9.95. The third-order valence-electron chi connectivity index (χ3n) is 3.07. The van der Waals surface area contributed by atoms with Gasteiger partial charge in [-0.1, -0.05) is 19.9 Å². The predicted molar refractivity (Wildman–Crippen MR) is 75.3 cm³/mol. The highest BCUT2D eigenvalue weighted by Crippen LogP contribution is 2.19. The van der Waals surface area contributed by atoms with Crippen molar-refractivity contribution in [3.8, 4) is 0 Å². The van der Waals surface area contributed by atoms with Crippen LogP contribution in [0.2, 0.25) is 0 Å². The van der Waals surface area contributed by atoms with Gasteiger partial charge in [0, 0.05) is 6.04 Å². The Morgan fingerprint density at radius 1 is 1.05 bits per heavy atom. The van der Waals surface area contributed by atoms with Crippen LogP contribution in [0.3, 0.4) is 0 Å². The number of nitrogens with zero attached hydrogens (tertiary/aromatic N) is 1. The summed E-state index contributed by atoms with van der Waals surface area (Å²) in [6, 6.07) is 6.72. The highest BCUT2D eigenvalue weighted by atomic mass is 19.2. The van der Waals surface area contributed by atoms with Crippen molar-refractivity contribution in [3.63, 3.8) is 0 Å². The first-order valence-electron chi connectivity index (χ1n) is 6.77. The minimum atomic E-state index is -0.872. The monoisotopic (exact) mass is 294 g/mol. The van der Waals surface area contributed by atoms with Crippen molar-refractivity contribution in [1.82, 2.24) is 10.3 Å². The third-order valence-corrected chi connectivity index (χ3v) is 3.07. The summed E-state index contributed by atoms with van der Waals surface area (Å²) in [4.78, 5) is 4.06. The van der Waals surface area contributed by atoms with E-state index < -0.39 is 17.5 Å². The zero-order valence-corrected chi connectivity index (χ0v) is 11.9. The van der Waals surface area contributed by atoms with Crippen LogP contribution in [0, 0.1) is 17.5 Å². The largest absolute Gasteiger partial charge is 0.306 e. The molecule has 1 aromatic heterocycles. The fourth-order valence-corrected chi connectivity index (χ4v) is 2.15. The quantitative estimate of drug-likeness (QED) is 0.907. The van der Waals surface area contributed by atoms with Crippen LogP contribution < -0.4 is 5.32 Å². The molecule has 0 bridgehead atoms. The normalized spacial score (nSPS) is 12.7. The van der Waals surface area contributed by atoms with Gasteiger partial charge in [0.15, 0.2) is 11.6 Å². The lowest BCUT2D eigenvalue weighted by molar-refractivity contribution is 0.461. The van der Waals surface area contributed by atoms with Crippen LogP contribution in [-0.4, -0.2) is 11.0 Å². The zero-order valence-electron chi connectivity index (χ0n) is 11.9. The Bertz CT molecular complexity index is 597. The van der Waals surface area contributed by atoms with Gasteiger partial charge in [-0.3, -0.25) is 4.98 Å². The van der Waals surface area contributed by atoms with Crippen LogP contribution in [0.1, 0.15) is 31.1 Å². The SMILES string of the molecule is CC(C)NC(Cc1ccc(F)c(F)c1)c1ccc(F)cn1. The van der Waals surface area contributed by atoms with E-state index in [4.69, 9.17) is 0 Å². The average molecular weight is 294 g/mol. The van der Waals surface area contributed by atoms with Gasteiger partial charge in [0.05, 0.1) is 17.9 Å². The molecule has 2 rings (SSSR count). The van der Waals surface area contributed by atoms with E-state index in [1.165, 1.54) is 18.2 Å². The summed E-state index contributed by atoms with van der Waals surface area (Å²) in [5.74, 6) is -2.15. The molecular weight excluding hydrogens is 277 g/mol. The fraction of sp³-hybridized carbons (Fsp3) is 0.312. The van der Waals surface area contributed by atoms with Crippen LogP contribution in [0.25, 0.3) is 0 Å². The second kappa shape index (κ2) is 6.72. The van der Waals surface area contributed by atoms with Crippen LogP contribution in [0.4, 0.5) is 13.2 Å². The molecule has 0 aliphatic carbocycles. The van der Waals surface area contributed by atoms with Gasteiger partial charge < -0.3 is 5.32 Å². The van der Waals surface area contributed by atoms with E-state index in [-0.39, 0.29) is 12.1 Å². The molecule has 1 unspecified atom stereocenters. The minimum absolute atomic E-state index is 0.173. The Kier molecular flexibility index (Phi) is 4.96. The number of rotatable bonds is 5. The molecule has 0 spiro atoms. The molecule has 0 aliphatic rings. The minimum Gasteiger partial charge on any atom is -0.306 e. The highest BCUT2D eigenvalue weighted by Gasteiger charge is 2.16. The Balaban J connectivity index is 2.23. The highest BCUT2D eigenvalue weighted by molar-refractivity contribution is 5.21. The van der Waals surface area contributed by atoms with E-state index >= 15 is 0 Å². The summed E-state index contributed by atoms with van der Waals surface area (Å²) >= 11 is 0. The topological polar surface area (TPSA) is 24.9 Å². The summed E-state index contributed by atoms with van der Waals surface area (Å²) in [6.45, 7) is 3.95. The van der Waals surface area contributed by atoms with E-state index in [2.05, 4.69) is 10.3 Å². The molecule has 0 radical (unpaired) electrons. The molecule has 0 aliphatic heterocycles. The standard InChI is InChI=1S/C16H17F3N2/c1-10(2)21-16(15-6-4-12(17)9-20-15)8-11-3-5-13(18)14(19)7-11/h3-7,9-10,16,21H,8H2,1-2H3. The lowest BCUT2D eigenvalue weighted by Crippen LogP contribution is -2.30. The summed E-state index contributed by atoms with van der Waals surface area (Å²) in [5, 5.41) is 3.30. The van der Waals surface area contributed by atoms with Crippen LogP contribution in [0.15, 0.2) is 36.5 Å². The zero-order chi connectivity index (χ0) is 15.4. The molecule has 5 heteroatoms. The molecular formula is C16H17F3N2. The summed E-state index contributed by atoms with van der Waals surface area (Å²) < 4.78 is 39.2. The van der Waals surface area contributed by atoms with E-state index in [9.17, 15) is 13.2 Å². The fourth-order valence-electron chi connectivity index (χ4n) is 2.15. The Morgan fingerprint density at radius 3 is 2.38 bits per heavy atom. The Labute approximate surface area is 122 Å². The van der Waals surface area contributed by atoms with Gasteiger partial charge in [-0.05, 0) is 36.2 Å². The van der Waals surface area contributed by atoms with Crippen molar-refractivity contribution in [2.45, 2.75) is 32.4 Å². The van der Waals surface area contributed by atoms with E-state index in [0.717, 1.165) is 12.3 Å². The van der Waals surface area contributed by atoms with Crippen molar-refractivity contribution in [1.29, 1.82) is 0 Å². The van der Waals surface area contributed by atoms with Crippen molar-refractivity contribution in [2.75, 3.05) is 0 Å². The van der Waals surface area contributed by atoms with Gasteiger partial charge in [0.1, 0.15) is 5.82 Å². The Hall–Kier alpha value is -1.88. The van der Waals surface area contributed by atoms with Crippen LogP contribution in [-0.2, 0) is 6.42 Å². The van der Waals surface area contributed by atoms with Crippen molar-refractivity contribution >= 4 is 0 Å². The van der Waals surface area contributed by atoms with Gasteiger partial charge >= 0.3 is 0 Å². The molecule has 0 saturated carbocycles. The lowest BCUT2D eigenvalue weighted by atomic mass is 10.0. The lowest BCUT2D eigenvalue weighted by Gasteiger charge is -2.21. The van der Waals surface area contributed by atoms with Crippen molar-refractivity contribution < 1.29 is 13.2 Å². The second-order valence-electron chi connectivity index (χ2n) is 5.23. The van der Waals surface area contributed by atoms with E-state index in [1.807, 2.05) is 13.8 Å². The summed E-state index contributed by atoms with van der Waals surface area (Å²) in [5.41, 5.74) is 1.31. The van der Waals surface area contributed by atoms with Gasteiger partial charge in [-0.2, -0.15) is 0 Å². The molecule has 1 N–H and O–H groups in total. The molecule has 0 saturated heterocycles. The van der Waals surface area contributed by atoms with Gasteiger partial charge in [0.2, 0.25) is 0 Å². The number of hydrogen-bond donors (Lipinski definition) is 1. The van der Waals surface area contributed by atoms with Gasteiger partial charge in [-0.25, -0.2) is 13.2 Å². The van der Waals surface area contributed by atoms with Gasteiger partial charge in [-0.15, -0.1) is 0 Å². The molecule has 0 fully saturated rings. The second-order valence-corrected chi connectivity index (χ2v) is 5.23. The van der Waals surface area contributed by atoms with E-state index in [1.54, 1.807) is 6.07 Å². The predicted octanol–water partition coefficient (Wildman–Crippen LogP) is 3.78. The smallest absolute Gasteiger partial charge is 0.159 e. The number of pyridine rings is 1. The Morgan fingerprint density at radius 2 is 1.81 bits per heavy atom. The molecule has 112 valence electrons. The maximum Gasteiger partial charge on any atom is 0.159 e. The number of benzene rings is 1. The molecule has 2 aromatic rings. The van der Waals surface area contributed by atoms with E-state index in [0.29, 0.717) is 17.7 Å². The molecule has 1 aromatic carbocycles. The third kappa shape index (κ3) is 4.29. The molecule has 0 amide bonds. The molecule has 2 nitrogen and oxygen atoms in total.